The van der Waals surface area contributed by atoms with Gasteiger partial charge < -0.3 is 14.1 Å². The van der Waals surface area contributed by atoms with Crippen LogP contribution in [0.3, 0.4) is 0 Å². The molecule has 32 heavy (non-hydrogen) atoms. The lowest BCUT2D eigenvalue weighted by Gasteiger charge is -2.09. The van der Waals surface area contributed by atoms with Crippen LogP contribution in [0.4, 0.5) is 13.2 Å². The number of halogens is 3. The van der Waals surface area contributed by atoms with Crippen molar-refractivity contribution >= 4 is 0 Å². The largest absolute Gasteiger partial charge is 0.493 e. The highest BCUT2D eigenvalue weighted by Gasteiger charge is 2.30. The molecule has 0 spiro atoms. The third-order valence-electron chi connectivity index (χ3n) is 5.01. The zero-order chi connectivity index (χ0) is 22.7. The number of rotatable bonds is 7. The maximum atomic E-state index is 12.9. The van der Waals surface area contributed by atoms with Crippen LogP contribution in [0.5, 0.6) is 5.75 Å². The Morgan fingerprint density at radius 3 is 2.41 bits per heavy atom. The summed E-state index contributed by atoms with van der Waals surface area (Å²) in [5.74, 6) is 2.43. The molecule has 0 aliphatic heterocycles. The molecule has 0 atom stereocenters. The van der Waals surface area contributed by atoms with E-state index >= 15 is 0 Å². The van der Waals surface area contributed by atoms with Gasteiger partial charge in [-0.2, -0.15) is 13.2 Å². The number of aryl methyl sites for hydroxylation is 3. The van der Waals surface area contributed by atoms with Crippen molar-refractivity contribution in [1.82, 2.24) is 15.0 Å². The fraction of sp³-hybridized carbons (Fsp3) is 0.250. The summed E-state index contributed by atoms with van der Waals surface area (Å²) in [6, 6.07) is 12.7. The second kappa shape index (κ2) is 8.90. The molecular formula is C24H22F3N3O2. The number of imidazole rings is 1. The average molecular weight is 441 g/mol. The number of hydrogen-bond acceptors (Lipinski definition) is 4. The van der Waals surface area contributed by atoms with Crippen LogP contribution in [-0.2, 0) is 12.6 Å². The van der Waals surface area contributed by atoms with Crippen LogP contribution in [0.2, 0.25) is 0 Å². The summed E-state index contributed by atoms with van der Waals surface area (Å²) in [6.45, 7) is 4.26. The summed E-state index contributed by atoms with van der Waals surface area (Å²) >= 11 is 0. The minimum atomic E-state index is -4.39. The Hall–Kier alpha value is -3.55. The Morgan fingerprint density at radius 1 is 1.00 bits per heavy atom. The SMILES string of the molecule is Cc1nc(-c2nc(-c3ccc(C(F)(F)F)cc3)c(CCCOc3ccccc3C)o2)c[nH]1. The lowest BCUT2D eigenvalue weighted by molar-refractivity contribution is -0.137. The van der Waals surface area contributed by atoms with Gasteiger partial charge in [-0.1, -0.05) is 30.3 Å². The molecule has 166 valence electrons. The van der Waals surface area contributed by atoms with Gasteiger partial charge in [0.25, 0.3) is 0 Å². The van der Waals surface area contributed by atoms with E-state index in [-0.39, 0.29) is 0 Å². The summed E-state index contributed by atoms with van der Waals surface area (Å²) < 4.78 is 50.6. The van der Waals surface area contributed by atoms with Crippen LogP contribution in [-0.4, -0.2) is 21.6 Å². The second-order valence-electron chi connectivity index (χ2n) is 7.45. The van der Waals surface area contributed by atoms with Gasteiger partial charge in [0.05, 0.1) is 12.2 Å². The third-order valence-corrected chi connectivity index (χ3v) is 5.01. The summed E-state index contributed by atoms with van der Waals surface area (Å²) in [7, 11) is 0. The van der Waals surface area contributed by atoms with Gasteiger partial charge in [0.2, 0.25) is 5.89 Å². The molecule has 2 aromatic carbocycles. The quantitative estimate of drug-likeness (QED) is 0.338. The fourth-order valence-corrected chi connectivity index (χ4v) is 3.33. The molecule has 4 rings (SSSR count). The third kappa shape index (κ3) is 4.85. The monoisotopic (exact) mass is 441 g/mol. The number of benzene rings is 2. The summed E-state index contributed by atoms with van der Waals surface area (Å²) in [5, 5.41) is 0. The molecule has 0 aliphatic carbocycles. The molecule has 8 heteroatoms. The van der Waals surface area contributed by atoms with Crippen LogP contribution >= 0.6 is 0 Å². The van der Waals surface area contributed by atoms with Crippen LogP contribution < -0.4 is 4.74 Å². The zero-order valence-electron chi connectivity index (χ0n) is 17.7. The standard InChI is InChI=1S/C24H22F3N3O2/c1-15-6-3-4-7-20(15)31-13-5-8-21-22(17-9-11-18(12-10-17)24(25,26)27)30-23(32-21)19-14-28-16(2)29-19/h3-4,6-7,9-12,14H,5,8,13H2,1-2H3,(H,28,29). The Labute approximate surface area is 183 Å². The normalized spacial score (nSPS) is 11.7. The van der Waals surface area contributed by atoms with Crippen molar-refractivity contribution in [2.75, 3.05) is 6.61 Å². The number of hydrogen-bond donors (Lipinski definition) is 1. The van der Waals surface area contributed by atoms with Crippen molar-refractivity contribution in [3.05, 3.63) is 77.4 Å². The van der Waals surface area contributed by atoms with Crippen LogP contribution in [0, 0.1) is 13.8 Å². The Kier molecular flexibility index (Phi) is 6.03. The van der Waals surface area contributed by atoms with E-state index in [2.05, 4.69) is 15.0 Å². The van der Waals surface area contributed by atoms with Gasteiger partial charge >= 0.3 is 6.18 Å². The zero-order valence-corrected chi connectivity index (χ0v) is 17.7. The molecule has 1 N–H and O–H groups in total. The molecule has 5 nitrogen and oxygen atoms in total. The highest BCUT2D eigenvalue weighted by Crippen LogP contribution is 2.33. The number of alkyl halides is 3. The summed E-state index contributed by atoms with van der Waals surface area (Å²) in [6.07, 6.45) is -1.55. The van der Waals surface area contributed by atoms with Crippen molar-refractivity contribution < 1.29 is 22.3 Å². The molecule has 0 saturated carbocycles. The van der Waals surface area contributed by atoms with Gasteiger partial charge in [0.15, 0.2) is 0 Å². The predicted octanol–water partition coefficient (Wildman–Crippen LogP) is 6.38. The average Bonchev–Trinajstić information content (AvgIpc) is 3.38. The van der Waals surface area contributed by atoms with Crippen molar-refractivity contribution in [2.45, 2.75) is 32.9 Å². The molecule has 0 amide bonds. The minimum absolute atomic E-state index is 0.319. The number of aromatic amines is 1. The van der Waals surface area contributed by atoms with Gasteiger partial charge in [0, 0.05) is 18.2 Å². The van der Waals surface area contributed by atoms with Gasteiger partial charge in [-0.15, -0.1) is 0 Å². The molecular weight excluding hydrogens is 419 g/mol. The van der Waals surface area contributed by atoms with Crippen LogP contribution in [0.25, 0.3) is 22.8 Å². The molecule has 0 fully saturated rings. The Morgan fingerprint density at radius 2 is 1.75 bits per heavy atom. The van der Waals surface area contributed by atoms with E-state index in [9.17, 15) is 13.2 Å². The maximum absolute atomic E-state index is 12.9. The first-order valence-corrected chi connectivity index (χ1v) is 10.2. The van der Waals surface area contributed by atoms with Gasteiger partial charge in [-0.25, -0.2) is 9.97 Å². The molecule has 0 bridgehead atoms. The molecule has 0 aliphatic rings. The minimum Gasteiger partial charge on any atom is -0.493 e. The lowest BCUT2D eigenvalue weighted by atomic mass is 10.1. The van der Waals surface area contributed by atoms with Gasteiger partial charge in [-0.05, 0) is 44.0 Å². The molecule has 2 heterocycles. The fourth-order valence-electron chi connectivity index (χ4n) is 3.33. The Balaban J connectivity index is 1.55. The van der Waals surface area contributed by atoms with E-state index in [4.69, 9.17) is 9.15 Å². The van der Waals surface area contributed by atoms with Crippen molar-refractivity contribution in [1.29, 1.82) is 0 Å². The van der Waals surface area contributed by atoms with Crippen LogP contribution in [0.15, 0.2) is 59.1 Å². The maximum Gasteiger partial charge on any atom is 0.416 e. The first-order chi connectivity index (χ1) is 15.3. The smallest absolute Gasteiger partial charge is 0.416 e. The van der Waals surface area contributed by atoms with E-state index in [1.165, 1.54) is 12.1 Å². The molecule has 2 aromatic heterocycles. The van der Waals surface area contributed by atoms with E-state index in [0.717, 1.165) is 23.4 Å². The summed E-state index contributed by atoms with van der Waals surface area (Å²) in [5.41, 5.74) is 1.94. The highest BCUT2D eigenvalue weighted by atomic mass is 19.4. The first kappa shape index (κ1) is 21.7. The Bertz CT molecular complexity index is 1190. The molecule has 0 saturated heterocycles. The highest BCUT2D eigenvalue weighted by molar-refractivity contribution is 5.65. The predicted molar refractivity (Wildman–Crippen MR) is 114 cm³/mol. The van der Waals surface area contributed by atoms with E-state index < -0.39 is 11.7 Å². The number of nitrogens with one attached hydrogen (secondary N) is 1. The number of nitrogens with zero attached hydrogens (tertiary/aromatic N) is 2. The molecule has 0 unspecified atom stereocenters. The number of aromatic nitrogens is 3. The number of oxazole rings is 1. The van der Waals surface area contributed by atoms with Crippen molar-refractivity contribution in [2.24, 2.45) is 0 Å². The van der Waals surface area contributed by atoms with Crippen molar-refractivity contribution in [3.63, 3.8) is 0 Å². The van der Waals surface area contributed by atoms with Gasteiger partial charge in [-0.3, -0.25) is 0 Å². The summed E-state index contributed by atoms with van der Waals surface area (Å²) in [4.78, 5) is 11.9. The number of H-pyrrole nitrogens is 1. The van der Waals surface area contributed by atoms with E-state index in [1.807, 2.05) is 38.1 Å². The molecule has 0 radical (unpaired) electrons. The van der Waals surface area contributed by atoms with Crippen molar-refractivity contribution in [3.8, 4) is 28.6 Å². The number of ether oxygens (including phenoxy) is 1. The first-order valence-electron chi connectivity index (χ1n) is 10.2. The second-order valence-corrected chi connectivity index (χ2v) is 7.45. The molecule has 4 aromatic rings. The lowest BCUT2D eigenvalue weighted by Crippen LogP contribution is -2.04. The van der Waals surface area contributed by atoms with E-state index in [1.54, 1.807) is 6.20 Å². The van der Waals surface area contributed by atoms with Gasteiger partial charge in [0.1, 0.15) is 28.7 Å². The number of para-hydroxylation sites is 1. The van der Waals surface area contributed by atoms with E-state index in [0.29, 0.717) is 53.9 Å². The topological polar surface area (TPSA) is 63.9 Å². The van der Waals surface area contributed by atoms with Crippen LogP contribution in [0.1, 0.15) is 29.1 Å².